The summed E-state index contributed by atoms with van der Waals surface area (Å²) in [5.74, 6) is -0.423. The van der Waals surface area contributed by atoms with Gasteiger partial charge in [0.25, 0.3) is 0 Å². The second-order valence-electron chi connectivity index (χ2n) is 6.75. The maximum Gasteiger partial charge on any atom is 0.341 e. The van der Waals surface area contributed by atoms with Crippen LogP contribution in [-0.4, -0.2) is 36.5 Å². The fourth-order valence-corrected chi connectivity index (χ4v) is 3.80. The number of halogens is 1. The lowest BCUT2D eigenvalue weighted by Crippen LogP contribution is -2.30. The Morgan fingerprint density at radius 2 is 1.96 bits per heavy atom. The van der Waals surface area contributed by atoms with E-state index in [9.17, 15) is 9.59 Å². The molecule has 1 aromatic heterocycles. The van der Waals surface area contributed by atoms with Crippen LogP contribution in [0.1, 0.15) is 55.4 Å². The molecule has 0 atom stereocenters. The van der Waals surface area contributed by atoms with Crippen molar-refractivity contribution in [2.75, 3.05) is 25.0 Å². The van der Waals surface area contributed by atoms with Gasteiger partial charge in [0.2, 0.25) is 5.91 Å². The van der Waals surface area contributed by atoms with Crippen LogP contribution in [0, 0.1) is 5.41 Å². The summed E-state index contributed by atoms with van der Waals surface area (Å²) >= 11 is 1.51. The molecule has 7 heteroatoms. The molecule has 136 valence electrons. The Hall–Kier alpha value is -1.11. The van der Waals surface area contributed by atoms with E-state index >= 15 is 0 Å². The van der Waals surface area contributed by atoms with E-state index in [1.807, 2.05) is 20.8 Å². The molecule has 0 fully saturated rings. The number of carbonyl (C=O) groups excluding carboxylic acids is 2. The van der Waals surface area contributed by atoms with Crippen LogP contribution in [0.3, 0.4) is 0 Å². The van der Waals surface area contributed by atoms with Crippen molar-refractivity contribution in [1.29, 1.82) is 0 Å². The van der Waals surface area contributed by atoms with Crippen LogP contribution in [0.15, 0.2) is 0 Å². The van der Waals surface area contributed by atoms with E-state index in [1.54, 1.807) is 6.92 Å². The normalized spacial score (nSPS) is 14.5. The van der Waals surface area contributed by atoms with Crippen LogP contribution in [0.5, 0.6) is 0 Å². The zero-order chi connectivity index (χ0) is 17.2. The molecule has 1 aliphatic heterocycles. The number of hydrogen-bond donors (Lipinski definition) is 1. The topological polar surface area (TPSA) is 58.6 Å². The molecule has 0 bridgehead atoms. The molecule has 0 unspecified atom stereocenters. The highest BCUT2D eigenvalue weighted by molar-refractivity contribution is 7.17. The molecule has 5 nitrogen and oxygen atoms in total. The minimum Gasteiger partial charge on any atom is -0.462 e. The van der Waals surface area contributed by atoms with Gasteiger partial charge >= 0.3 is 5.97 Å². The Kier molecular flexibility index (Phi) is 7.25. The molecule has 0 radical (unpaired) electrons. The molecular weight excluding hydrogens is 348 g/mol. The van der Waals surface area contributed by atoms with E-state index < -0.39 is 5.41 Å². The summed E-state index contributed by atoms with van der Waals surface area (Å²) in [6.45, 7) is 12.6. The second kappa shape index (κ2) is 8.32. The van der Waals surface area contributed by atoms with Gasteiger partial charge in [0.15, 0.2) is 0 Å². The molecule has 0 aliphatic carbocycles. The van der Waals surface area contributed by atoms with Crippen LogP contribution < -0.4 is 5.32 Å². The van der Waals surface area contributed by atoms with Gasteiger partial charge in [0.05, 0.1) is 12.2 Å². The van der Waals surface area contributed by atoms with Crippen LogP contribution in [0.2, 0.25) is 0 Å². The van der Waals surface area contributed by atoms with Gasteiger partial charge < -0.3 is 10.1 Å². The van der Waals surface area contributed by atoms with Gasteiger partial charge in [-0.2, -0.15) is 0 Å². The van der Waals surface area contributed by atoms with Crippen LogP contribution in [0.4, 0.5) is 5.00 Å². The fraction of sp³-hybridized carbons (Fsp3) is 0.647. The first kappa shape index (κ1) is 20.9. The third-order valence-electron chi connectivity index (χ3n) is 3.97. The molecule has 0 spiro atoms. The van der Waals surface area contributed by atoms with Gasteiger partial charge in [-0.05, 0) is 25.5 Å². The molecule has 1 aromatic rings. The molecule has 1 amide bonds. The zero-order valence-electron chi connectivity index (χ0n) is 15.0. The summed E-state index contributed by atoms with van der Waals surface area (Å²) in [6, 6.07) is 0. The highest BCUT2D eigenvalue weighted by atomic mass is 35.5. The average Bonchev–Trinajstić information content (AvgIpc) is 2.83. The molecule has 24 heavy (non-hydrogen) atoms. The quantitative estimate of drug-likeness (QED) is 0.816. The van der Waals surface area contributed by atoms with Crippen molar-refractivity contribution in [2.45, 2.75) is 47.6 Å². The highest BCUT2D eigenvalue weighted by Gasteiger charge is 2.31. The predicted octanol–water partition coefficient (Wildman–Crippen LogP) is 3.71. The summed E-state index contributed by atoms with van der Waals surface area (Å²) < 4.78 is 5.22. The van der Waals surface area contributed by atoms with Crippen LogP contribution in [-0.2, 0) is 22.5 Å². The van der Waals surface area contributed by atoms with Crippen LogP contribution in [0.25, 0.3) is 0 Å². The number of anilines is 1. The van der Waals surface area contributed by atoms with Gasteiger partial charge in [-0.25, -0.2) is 4.79 Å². The molecule has 0 saturated heterocycles. The molecule has 1 N–H and O–H groups in total. The fourth-order valence-electron chi connectivity index (χ4n) is 2.52. The number of likely N-dealkylation sites (N-methyl/N-ethyl adjacent to an activating group) is 1. The number of amides is 1. The van der Waals surface area contributed by atoms with Crippen LogP contribution >= 0.6 is 23.7 Å². The van der Waals surface area contributed by atoms with E-state index in [-0.39, 0.29) is 24.3 Å². The van der Waals surface area contributed by atoms with E-state index in [0.29, 0.717) is 17.2 Å². The summed E-state index contributed by atoms with van der Waals surface area (Å²) in [5, 5.41) is 3.57. The minimum atomic E-state index is -0.508. The molecule has 1 aliphatic rings. The van der Waals surface area contributed by atoms with Crippen molar-refractivity contribution in [3.8, 4) is 0 Å². The lowest BCUT2D eigenvalue weighted by molar-refractivity contribution is -0.123. The maximum absolute atomic E-state index is 12.4. The van der Waals surface area contributed by atoms with Gasteiger partial charge in [-0.15, -0.1) is 23.7 Å². The van der Waals surface area contributed by atoms with Crippen molar-refractivity contribution < 1.29 is 14.3 Å². The molecule has 2 heterocycles. The number of nitrogens with one attached hydrogen (secondary N) is 1. The van der Waals surface area contributed by atoms with E-state index in [0.717, 1.165) is 36.5 Å². The monoisotopic (exact) mass is 374 g/mol. The minimum absolute atomic E-state index is 0. The Balaban J connectivity index is 0.00000288. The smallest absolute Gasteiger partial charge is 0.341 e. The van der Waals surface area contributed by atoms with Crippen molar-refractivity contribution in [2.24, 2.45) is 5.41 Å². The summed E-state index contributed by atoms with van der Waals surface area (Å²) in [7, 11) is 0. The lowest BCUT2D eigenvalue weighted by Gasteiger charge is -2.25. The number of hydrogen-bond acceptors (Lipinski definition) is 5. The van der Waals surface area contributed by atoms with Gasteiger partial charge in [0.1, 0.15) is 5.00 Å². The van der Waals surface area contributed by atoms with Crippen molar-refractivity contribution in [3.05, 3.63) is 16.0 Å². The summed E-state index contributed by atoms with van der Waals surface area (Å²) in [4.78, 5) is 28.2. The third-order valence-corrected chi connectivity index (χ3v) is 5.10. The molecular formula is C17H27ClN2O3S. The van der Waals surface area contributed by atoms with E-state index in [1.165, 1.54) is 11.3 Å². The number of rotatable bonds is 4. The Morgan fingerprint density at radius 3 is 2.50 bits per heavy atom. The number of nitrogens with zero attached hydrogens (tertiary/aromatic N) is 1. The standard InChI is InChI=1S/C17H26N2O3S.ClH/c1-6-19-9-8-11-12(10-19)23-14(13(11)15(20)22-7-2)18-16(21)17(3,4)5;/h6-10H2,1-5H3,(H,18,21);1H. The van der Waals surface area contributed by atoms with Gasteiger partial charge in [-0.1, -0.05) is 27.7 Å². The largest absolute Gasteiger partial charge is 0.462 e. The molecule has 2 rings (SSSR count). The Bertz CT molecular complexity index is 608. The van der Waals surface area contributed by atoms with Gasteiger partial charge in [-0.3, -0.25) is 9.69 Å². The van der Waals surface area contributed by atoms with Gasteiger partial charge in [0, 0.05) is 23.4 Å². The Morgan fingerprint density at radius 1 is 1.29 bits per heavy atom. The third kappa shape index (κ3) is 4.49. The maximum atomic E-state index is 12.4. The number of thiophene rings is 1. The number of esters is 1. The molecule has 0 aromatic carbocycles. The highest BCUT2D eigenvalue weighted by Crippen LogP contribution is 2.38. The Labute approximate surface area is 154 Å². The first-order chi connectivity index (χ1) is 10.8. The predicted molar refractivity (Wildman–Crippen MR) is 100 cm³/mol. The van der Waals surface area contributed by atoms with E-state index in [2.05, 4.69) is 17.1 Å². The van der Waals surface area contributed by atoms with Crippen molar-refractivity contribution in [1.82, 2.24) is 4.90 Å². The first-order valence-corrected chi connectivity index (χ1v) is 8.95. The molecule has 0 saturated carbocycles. The summed E-state index contributed by atoms with van der Waals surface area (Å²) in [5.41, 5.74) is 1.09. The van der Waals surface area contributed by atoms with Crippen molar-refractivity contribution in [3.63, 3.8) is 0 Å². The summed E-state index contributed by atoms with van der Waals surface area (Å²) in [6.07, 6.45) is 0.819. The zero-order valence-corrected chi connectivity index (χ0v) is 16.7. The average molecular weight is 375 g/mol. The first-order valence-electron chi connectivity index (χ1n) is 8.13. The lowest BCUT2D eigenvalue weighted by atomic mass is 9.95. The van der Waals surface area contributed by atoms with E-state index in [4.69, 9.17) is 4.74 Å². The van der Waals surface area contributed by atoms with Crippen molar-refractivity contribution >= 4 is 40.6 Å². The second-order valence-corrected chi connectivity index (χ2v) is 7.86. The number of carbonyl (C=O) groups is 2. The SMILES string of the molecule is CCOC(=O)c1c(NC(=O)C(C)(C)C)sc2c1CCN(CC)C2.Cl. The number of fused-ring (bicyclic) bond motifs is 1. The number of ether oxygens (including phenoxy) is 1.